The fraction of sp³-hybridized carbons (Fsp3) is 0.278. The third-order valence-corrected chi connectivity index (χ3v) is 4.92. The summed E-state index contributed by atoms with van der Waals surface area (Å²) in [5.74, 6) is 0.0911. The predicted molar refractivity (Wildman–Crippen MR) is 95.6 cm³/mol. The number of carbonyl (C=O) groups is 1. The van der Waals surface area contributed by atoms with Crippen molar-refractivity contribution in [1.82, 2.24) is 10.6 Å². The lowest BCUT2D eigenvalue weighted by Gasteiger charge is -2.32. The third-order valence-electron chi connectivity index (χ3n) is 3.79. The molecule has 1 aliphatic rings. The molecule has 4 nitrogen and oxygen atoms in total. The van der Waals surface area contributed by atoms with Gasteiger partial charge in [0.2, 0.25) is 5.91 Å². The van der Waals surface area contributed by atoms with E-state index in [0.717, 1.165) is 6.54 Å². The first-order valence-corrected chi connectivity index (χ1v) is 8.66. The summed E-state index contributed by atoms with van der Waals surface area (Å²) in [7, 11) is 1.88. The second kappa shape index (κ2) is 7.53. The first-order valence-electron chi connectivity index (χ1n) is 7.84. The molecule has 0 aliphatic carbocycles. The number of fused-ring (bicyclic) bond motifs is 2. The standard InChI is InChI=1S/C18H21N3OS/c1-19-11-12-20-18(22)10-13-21-14-6-2-4-8-16(14)23-17-9-5-3-7-15(17)21/h2-9,19H,10-13H2,1H3,(H,20,22). The predicted octanol–water partition coefficient (Wildman–Crippen LogP) is 3.02. The highest BCUT2D eigenvalue weighted by molar-refractivity contribution is 7.99. The van der Waals surface area contributed by atoms with Crippen molar-refractivity contribution in [2.24, 2.45) is 0 Å². The molecular weight excluding hydrogens is 306 g/mol. The van der Waals surface area contributed by atoms with Crippen LogP contribution in [0.25, 0.3) is 0 Å². The number of hydrogen-bond acceptors (Lipinski definition) is 4. The Labute approximate surface area is 141 Å². The van der Waals surface area contributed by atoms with E-state index in [1.54, 1.807) is 11.8 Å². The van der Waals surface area contributed by atoms with Crippen LogP contribution in [0.2, 0.25) is 0 Å². The highest BCUT2D eigenvalue weighted by Gasteiger charge is 2.22. The van der Waals surface area contributed by atoms with Gasteiger partial charge in [-0.2, -0.15) is 0 Å². The summed E-state index contributed by atoms with van der Waals surface area (Å²) >= 11 is 1.79. The van der Waals surface area contributed by atoms with Gasteiger partial charge in [0.1, 0.15) is 0 Å². The number of nitrogens with zero attached hydrogens (tertiary/aromatic N) is 1. The van der Waals surface area contributed by atoms with Gasteiger partial charge in [-0.25, -0.2) is 0 Å². The second-order valence-corrected chi connectivity index (χ2v) is 6.48. The molecule has 2 aromatic carbocycles. The molecule has 0 aromatic heterocycles. The van der Waals surface area contributed by atoms with E-state index < -0.39 is 0 Å². The smallest absolute Gasteiger partial charge is 0.221 e. The average molecular weight is 327 g/mol. The average Bonchev–Trinajstić information content (AvgIpc) is 2.59. The lowest BCUT2D eigenvalue weighted by molar-refractivity contribution is -0.120. The minimum Gasteiger partial charge on any atom is -0.355 e. The summed E-state index contributed by atoms with van der Waals surface area (Å²) in [5.41, 5.74) is 2.36. The molecule has 120 valence electrons. The maximum atomic E-state index is 12.0. The molecule has 0 fully saturated rings. The Morgan fingerprint density at radius 2 is 1.61 bits per heavy atom. The highest BCUT2D eigenvalue weighted by atomic mass is 32.2. The van der Waals surface area contributed by atoms with E-state index in [-0.39, 0.29) is 5.91 Å². The summed E-state index contributed by atoms with van der Waals surface area (Å²) < 4.78 is 0. The van der Waals surface area contributed by atoms with Gasteiger partial charge in [-0.05, 0) is 31.3 Å². The molecule has 1 heterocycles. The van der Waals surface area contributed by atoms with Crippen LogP contribution in [0.4, 0.5) is 11.4 Å². The highest BCUT2D eigenvalue weighted by Crippen LogP contribution is 2.47. The molecule has 0 spiro atoms. The van der Waals surface area contributed by atoms with E-state index >= 15 is 0 Å². The first-order chi connectivity index (χ1) is 11.3. The summed E-state index contributed by atoms with van der Waals surface area (Å²) in [6.45, 7) is 2.14. The van der Waals surface area contributed by atoms with Gasteiger partial charge in [0.15, 0.2) is 0 Å². The van der Waals surface area contributed by atoms with Crippen LogP contribution >= 0.6 is 11.8 Å². The minimum atomic E-state index is 0.0911. The number of hydrogen-bond donors (Lipinski definition) is 2. The molecule has 23 heavy (non-hydrogen) atoms. The molecule has 5 heteroatoms. The molecule has 3 rings (SSSR count). The van der Waals surface area contributed by atoms with Gasteiger partial charge in [0.25, 0.3) is 0 Å². The van der Waals surface area contributed by atoms with E-state index in [4.69, 9.17) is 0 Å². The fourth-order valence-corrected chi connectivity index (χ4v) is 3.75. The molecule has 0 unspecified atom stereocenters. The van der Waals surface area contributed by atoms with Crippen LogP contribution in [0, 0.1) is 0 Å². The van der Waals surface area contributed by atoms with Crippen LogP contribution in [-0.4, -0.2) is 32.6 Å². The van der Waals surface area contributed by atoms with Crippen molar-refractivity contribution < 1.29 is 4.79 Å². The van der Waals surface area contributed by atoms with Gasteiger partial charge in [-0.1, -0.05) is 36.0 Å². The van der Waals surface area contributed by atoms with Crippen molar-refractivity contribution in [2.45, 2.75) is 16.2 Å². The van der Waals surface area contributed by atoms with Crippen molar-refractivity contribution in [1.29, 1.82) is 0 Å². The largest absolute Gasteiger partial charge is 0.355 e. The Morgan fingerprint density at radius 1 is 1.00 bits per heavy atom. The molecule has 1 amide bonds. The zero-order valence-electron chi connectivity index (χ0n) is 13.2. The number of nitrogens with one attached hydrogen (secondary N) is 2. The Bertz CT molecular complexity index is 644. The van der Waals surface area contributed by atoms with Gasteiger partial charge in [-0.3, -0.25) is 4.79 Å². The summed E-state index contributed by atoms with van der Waals surface area (Å²) in [4.78, 5) is 16.7. The number of benzene rings is 2. The summed E-state index contributed by atoms with van der Waals surface area (Å²) in [6.07, 6.45) is 0.483. The van der Waals surface area contributed by atoms with Crippen molar-refractivity contribution in [2.75, 3.05) is 31.6 Å². The number of anilines is 2. The second-order valence-electron chi connectivity index (χ2n) is 5.39. The molecule has 0 atom stereocenters. The molecule has 0 saturated heterocycles. The van der Waals surface area contributed by atoms with Crippen LogP contribution in [0.3, 0.4) is 0 Å². The molecular formula is C18H21N3OS. The number of carbonyl (C=O) groups excluding carboxylic acids is 1. The van der Waals surface area contributed by atoms with Crippen LogP contribution in [0.15, 0.2) is 58.3 Å². The molecule has 0 bridgehead atoms. The van der Waals surface area contributed by atoms with Gasteiger partial charge in [-0.15, -0.1) is 0 Å². The number of para-hydroxylation sites is 2. The van der Waals surface area contributed by atoms with Crippen molar-refractivity contribution in [3.05, 3.63) is 48.5 Å². The van der Waals surface area contributed by atoms with Gasteiger partial charge in [0, 0.05) is 35.8 Å². The normalized spacial score (nSPS) is 12.5. The molecule has 0 saturated carbocycles. The number of amides is 1. The Balaban J connectivity index is 1.75. The zero-order chi connectivity index (χ0) is 16.1. The fourth-order valence-electron chi connectivity index (χ4n) is 2.65. The van der Waals surface area contributed by atoms with Crippen LogP contribution in [0.5, 0.6) is 0 Å². The SMILES string of the molecule is CNCCNC(=O)CCN1c2ccccc2Sc2ccccc21. The van der Waals surface area contributed by atoms with E-state index in [1.807, 2.05) is 19.2 Å². The van der Waals surface area contributed by atoms with Gasteiger partial charge >= 0.3 is 0 Å². The molecule has 2 aromatic rings. The van der Waals surface area contributed by atoms with Crippen molar-refractivity contribution in [3.63, 3.8) is 0 Å². The Hall–Kier alpha value is -1.98. The van der Waals surface area contributed by atoms with Crippen molar-refractivity contribution in [3.8, 4) is 0 Å². The zero-order valence-corrected chi connectivity index (χ0v) is 14.0. The number of rotatable bonds is 6. The summed E-state index contributed by atoms with van der Waals surface area (Å²) in [5, 5.41) is 5.96. The quantitative estimate of drug-likeness (QED) is 0.801. The maximum absolute atomic E-state index is 12.0. The van der Waals surface area contributed by atoms with E-state index in [9.17, 15) is 4.79 Å². The van der Waals surface area contributed by atoms with E-state index in [1.165, 1.54) is 21.2 Å². The van der Waals surface area contributed by atoms with Gasteiger partial charge in [0.05, 0.1) is 11.4 Å². The third kappa shape index (κ3) is 3.68. The van der Waals surface area contributed by atoms with Crippen molar-refractivity contribution >= 4 is 29.0 Å². The van der Waals surface area contributed by atoms with Gasteiger partial charge < -0.3 is 15.5 Å². The topological polar surface area (TPSA) is 44.4 Å². The maximum Gasteiger partial charge on any atom is 0.221 e. The first kappa shape index (κ1) is 15.9. The van der Waals surface area contributed by atoms with E-state index in [0.29, 0.717) is 19.5 Å². The lowest BCUT2D eigenvalue weighted by atomic mass is 10.2. The lowest BCUT2D eigenvalue weighted by Crippen LogP contribution is -2.33. The minimum absolute atomic E-state index is 0.0911. The number of likely N-dealkylation sites (N-methyl/N-ethyl adjacent to an activating group) is 1. The molecule has 2 N–H and O–H groups in total. The monoisotopic (exact) mass is 327 g/mol. The molecule has 0 radical (unpaired) electrons. The summed E-state index contributed by atoms with van der Waals surface area (Å²) in [6, 6.07) is 16.7. The van der Waals surface area contributed by atoms with E-state index in [2.05, 4.69) is 51.9 Å². The van der Waals surface area contributed by atoms with Crippen LogP contribution in [-0.2, 0) is 4.79 Å². The van der Waals surface area contributed by atoms with Crippen LogP contribution in [0.1, 0.15) is 6.42 Å². The Kier molecular flexibility index (Phi) is 5.20. The Morgan fingerprint density at radius 3 is 2.22 bits per heavy atom. The molecule has 1 aliphatic heterocycles. The van der Waals surface area contributed by atoms with Crippen LogP contribution < -0.4 is 15.5 Å².